The van der Waals surface area contributed by atoms with Gasteiger partial charge in [0.2, 0.25) is 0 Å². The molecule has 2 rings (SSSR count). The maximum Gasteiger partial charge on any atom is 0.328 e. The third-order valence-electron chi connectivity index (χ3n) is 2.10. The molecule has 2 amide bonds. The molecule has 0 saturated carbocycles. The second kappa shape index (κ2) is 4.92. The molecular formula is C9H10N6O2S. The minimum atomic E-state index is -0.819. The number of amides is 2. The lowest BCUT2D eigenvalue weighted by Crippen LogP contribution is -2.33. The SMILES string of the molecule is Cc1nc(NC(=O)C(=O)Nn2cnnc2)sc1C. The summed E-state index contributed by atoms with van der Waals surface area (Å²) in [6.07, 6.45) is 2.53. The number of hydrogen-bond donors (Lipinski definition) is 2. The topological polar surface area (TPSA) is 102 Å². The third kappa shape index (κ3) is 2.69. The van der Waals surface area contributed by atoms with Crippen LogP contribution in [0, 0.1) is 13.8 Å². The minimum absolute atomic E-state index is 0.397. The number of rotatable bonds is 2. The fourth-order valence-electron chi connectivity index (χ4n) is 1.11. The van der Waals surface area contributed by atoms with Gasteiger partial charge in [0.25, 0.3) is 0 Å². The van der Waals surface area contributed by atoms with E-state index in [1.165, 1.54) is 28.7 Å². The summed E-state index contributed by atoms with van der Waals surface area (Å²) in [5, 5.41) is 9.79. The summed E-state index contributed by atoms with van der Waals surface area (Å²) in [7, 11) is 0. The molecule has 2 heterocycles. The normalized spacial score (nSPS) is 10.1. The van der Waals surface area contributed by atoms with Crippen LogP contribution in [-0.4, -0.2) is 31.7 Å². The van der Waals surface area contributed by atoms with E-state index in [1.807, 2.05) is 13.8 Å². The molecule has 94 valence electrons. The van der Waals surface area contributed by atoms with Crippen molar-refractivity contribution in [2.75, 3.05) is 10.7 Å². The largest absolute Gasteiger partial charge is 0.328 e. The Balaban J connectivity index is 1.97. The summed E-state index contributed by atoms with van der Waals surface area (Å²) >= 11 is 1.31. The first-order valence-corrected chi connectivity index (χ1v) is 5.79. The van der Waals surface area contributed by atoms with Crippen LogP contribution in [0.2, 0.25) is 0 Å². The fourth-order valence-corrected chi connectivity index (χ4v) is 1.92. The van der Waals surface area contributed by atoms with E-state index < -0.39 is 11.8 Å². The summed E-state index contributed by atoms with van der Waals surface area (Å²) < 4.78 is 1.18. The summed E-state index contributed by atoms with van der Waals surface area (Å²) in [6.45, 7) is 3.72. The van der Waals surface area contributed by atoms with Crippen LogP contribution in [0.25, 0.3) is 0 Å². The molecule has 0 aliphatic carbocycles. The van der Waals surface area contributed by atoms with E-state index in [0.717, 1.165) is 10.6 Å². The molecule has 2 N–H and O–H groups in total. The number of anilines is 1. The van der Waals surface area contributed by atoms with Gasteiger partial charge in [-0.1, -0.05) is 0 Å². The monoisotopic (exact) mass is 266 g/mol. The quantitative estimate of drug-likeness (QED) is 0.748. The van der Waals surface area contributed by atoms with Gasteiger partial charge in [-0.15, -0.1) is 21.5 Å². The van der Waals surface area contributed by atoms with Gasteiger partial charge in [0.05, 0.1) is 5.69 Å². The standard InChI is InChI=1S/C9H10N6O2S/c1-5-6(2)18-9(12-5)13-7(16)8(17)14-15-3-10-11-4-15/h3-4H,1-2H3,(H,14,17)(H,12,13,16). The molecule has 0 saturated heterocycles. The number of nitrogens with zero attached hydrogens (tertiary/aromatic N) is 4. The van der Waals surface area contributed by atoms with Gasteiger partial charge in [-0.25, -0.2) is 9.66 Å². The third-order valence-corrected chi connectivity index (χ3v) is 3.09. The van der Waals surface area contributed by atoms with E-state index in [1.54, 1.807) is 0 Å². The van der Waals surface area contributed by atoms with Crippen LogP contribution in [0.5, 0.6) is 0 Å². The number of aryl methyl sites for hydroxylation is 2. The number of nitrogens with one attached hydrogen (secondary N) is 2. The molecule has 0 unspecified atom stereocenters. The van der Waals surface area contributed by atoms with E-state index in [9.17, 15) is 9.59 Å². The Kier molecular flexibility index (Phi) is 3.33. The summed E-state index contributed by atoms with van der Waals surface area (Å²) in [4.78, 5) is 28.1. The first kappa shape index (κ1) is 12.2. The van der Waals surface area contributed by atoms with Gasteiger partial charge in [-0.3, -0.25) is 20.3 Å². The molecule has 0 aliphatic heterocycles. The summed E-state index contributed by atoms with van der Waals surface area (Å²) in [6, 6.07) is 0. The lowest BCUT2D eigenvalue weighted by Gasteiger charge is -2.03. The van der Waals surface area contributed by atoms with Crippen LogP contribution in [0.15, 0.2) is 12.7 Å². The number of hydrogen-bond acceptors (Lipinski definition) is 6. The van der Waals surface area contributed by atoms with Crippen molar-refractivity contribution in [2.45, 2.75) is 13.8 Å². The lowest BCUT2D eigenvalue weighted by molar-refractivity contribution is -0.133. The van der Waals surface area contributed by atoms with Crippen LogP contribution in [0.3, 0.4) is 0 Å². The van der Waals surface area contributed by atoms with Crippen molar-refractivity contribution in [1.29, 1.82) is 0 Å². The Hall–Kier alpha value is -2.29. The molecule has 0 aliphatic rings. The Labute approximate surface area is 106 Å². The highest BCUT2D eigenvalue weighted by Gasteiger charge is 2.16. The van der Waals surface area contributed by atoms with Crippen LogP contribution in [0.4, 0.5) is 5.13 Å². The fraction of sp³-hybridized carbons (Fsp3) is 0.222. The first-order chi connectivity index (χ1) is 8.56. The van der Waals surface area contributed by atoms with Crippen LogP contribution >= 0.6 is 11.3 Å². The molecule has 9 heteroatoms. The molecule has 0 fully saturated rings. The average Bonchev–Trinajstić information content (AvgIpc) is 2.90. The van der Waals surface area contributed by atoms with Crippen molar-refractivity contribution in [2.24, 2.45) is 0 Å². The van der Waals surface area contributed by atoms with Gasteiger partial charge in [-0.05, 0) is 13.8 Å². The Morgan fingerprint density at radius 2 is 1.89 bits per heavy atom. The zero-order valence-electron chi connectivity index (χ0n) is 9.67. The molecule has 2 aromatic rings. The molecule has 18 heavy (non-hydrogen) atoms. The van der Waals surface area contributed by atoms with Gasteiger partial charge >= 0.3 is 11.8 Å². The smallest absolute Gasteiger partial charge is 0.294 e. The molecule has 2 aromatic heterocycles. The van der Waals surface area contributed by atoms with Gasteiger partial charge < -0.3 is 0 Å². The molecule has 0 aromatic carbocycles. The van der Waals surface area contributed by atoms with E-state index in [-0.39, 0.29) is 0 Å². The maximum atomic E-state index is 11.5. The predicted molar refractivity (Wildman–Crippen MR) is 64.6 cm³/mol. The van der Waals surface area contributed by atoms with E-state index in [2.05, 4.69) is 25.9 Å². The Morgan fingerprint density at radius 1 is 1.22 bits per heavy atom. The highest BCUT2D eigenvalue weighted by atomic mass is 32.1. The highest BCUT2D eigenvalue weighted by Crippen LogP contribution is 2.20. The second-order valence-electron chi connectivity index (χ2n) is 3.42. The predicted octanol–water partition coefficient (Wildman–Crippen LogP) is 0.0602. The van der Waals surface area contributed by atoms with Crippen LogP contribution < -0.4 is 10.7 Å². The molecule has 0 atom stereocenters. The van der Waals surface area contributed by atoms with Crippen molar-refractivity contribution in [3.8, 4) is 0 Å². The second-order valence-corrected chi connectivity index (χ2v) is 4.63. The summed E-state index contributed by atoms with van der Waals surface area (Å²) in [5.74, 6) is -1.61. The first-order valence-electron chi connectivity index (χ1n) is 4.97. The number of aromatic nitrogens is 4. The Morgan fingerprint density at radius 3 is 2.44 bits per heavy atom. The highest BCUT2D eigenvalue weighted by molar-refractivity contribution is 7.15. The van der Waals surface area contributed by atoms with Crippen molar-refractivity contribution >= 4 is 28.3 Å². The number of carbonyl (C=O) groups is 2. The van der Waals surface area contributed by atoms with Crippen molar-refractivity contribution in [3.05, 3.63) is 23.2 Å². The lowest BCUT2D eigenvalue weighted by atomic mass is 10.4. The molecule has 8 nitrogen and oxygen atoms in total. The van der Waals surface area contributed by atoms with Gasteiger partial charge in [0.15, 0.2) is 5.13 Å². The van der Waals surface area contributed by atoms with Crippen LogP contribution in [0.1, 0.15) is 10.6 Å². The van der Waals surface area contributed by atoms with Crippen molar-refractivity contribution < 1.29 is 9.59 Å². The van der Waals surface area contributed by atoms with Gasteiger partial charge in [0.1, 0.15) is 12.7 Å². The van der Waals surface area contributed by atoms with E-state index >= 15 is 0 Å². The molecular weight excluding hydrogens is 256 g/mol. The van der Waals surface area contributed by atoms with Crippen molar-refractivity contribution in [3.63, 3.8) is 0 Å². The molecule has 0 radical (unpaired) electrons. The zero-order valence-corrected chi connectivity index (χ0v) is 10.5. The number of carbonyl (C=O) groups excluding carboxylic acids is 2. The zero-order chi connectivity index (χ0) is 13.1. The van der Waals surface area contributed by atoms with E-state index in [0.29, 0.717) is 5.13 Å². The van der Waals surface area contributed by atoms with E-state index in [4.69, 9.17) is 0 Å². The molecule has 0 bridgehead atoms. The van der Waals surface area contributed by atoms with Gasteiger partial charge in [-0.2, -0.15) is 0 Å². The summed E-state index contributed by atoms with van der Waals surface area (Å²) in [5.41, 5.74) is 3.11. The van der Waals surface area contributed by atoms with Crippen molar-refractivity contribution in [1.82, 2.24) is 19.9 Å². The maximum absolute atomic E-state index is 11.5. The van der Waals surface area contributed by atoms with Crippen LogP contribution in [-0.2, 0) is 9.59 Å². The average molecular weight is 266 g/mol. The van der Waals surface area contributed by atoms with Gasteiger partial charge in [0, 0.05) is 4.88 Å². The minimum Gasteiger partial charge on any atom is -0.294 e. The molecule has 0 spiro atoms. The number of thiazole rings is 1. The Bertz CT molecular complexity index is 556.